The topological polar surface area (TPSA) is 169 Å². The monoisotopic (exact) mass is 957 g/mol. The van der Waals surface area contributed by atoms with Gasteiger partial charge in [0.2, 0.25) is 17.7 Å². The Balaban J connectivity index is 1.70. The van der Waals surface area contributed by atoms with Gasteiger partial charge in [0.1, 0.15) is 10.6 Å². The number of methoxy groups -OCH3 is 2. The first-order valence-corrected chi connectivity index (χ1v) is 25.2. The third-order valence-corrected chi connectivity index (χ3v) is 14.0. The number of nitrogens with one attached hydrogen (secondary N) is 2. The standard InChI is InChI=1S/C51H84N6O9S/c1-15-35(6)45(56(12)49(61)38(33(2)3)31-41(58)44(34(4)5)55(11)26-28-65-27-23-53-50(62)66-51(8,9)10)42(63-13)32-43(59)57-25-19-22-40(57)46(64-14)36(7)47(60)54-39(48-52-24-29-67-48)30-37-20-17-16-18-21-37/h16-18,20-21,24,29,33-36,38-40,42,44-46H,15,19,22-23,25-28,30-32H2,1-14H3,(H,53,62)(H,54,60)/t35-,36+,38-,39-,40-,42+,44-,45-,46+/m0/s1. The Hall–Kier alpha value is -3.96. The minimum atomic E-state index is -0.631. The third-order valence-electron chi connectivity index (χ3n) is 13.1. The number of rotatable bonds is 28. The Morgan fingerprint density at radius 2 is 1.63 bits per heavy atom. The van der Waals surface area contributed by atoms with E-state index in [-0.39, 0.29) is 66.2 Å². The molecule has 0 saturated carbocycles. The van der Waals surface area contributed by atoms with E-state index < -0.39 is 47.8 Å². The number of ether oxygens (including phenoxy) is 4. The summed E-state index contributed by atoms with van der Waals surface area (Å²) >= 11 is 1.50. The lowest BCUT2D eigenvalue weighted by Gasteiger charge is -2.41. The van der Waals surface area contributed by atoms with E-state index in [0.717, 1.165) is 23.4 Å². The van der Waals surface area contributed by atoms with Crippen LogP contribution in [0.5, 0.6) is 0 Å². The van der Waals surface area contributed by atoms with Crippen molar-refractivity contribution in [2.75, 3.05) is 61.2 Å². The predicted octanol–water partition coefficient (Wildman–Crippen LogP) is 7.19. The number of Topliss-reactive ketones (excluding diaryl/α,β-unsaturated/α-hetero) is 1. The summed E-state index contributed by atoms with van der Waals surface area (Å²) in [6.07, 6.45) is 2.92. The Morgan fingerprint density at radius 1 is 0.940 bits per heavy atom. The molecule has 1 fully saturated rings. The second-order valence-corrected chi connectivity index (χ2v) is 20.9. The van der Waals surface area contributed by atoms with Gasteiger partial charge in [-0.2, -0.15) is 0 Å². The van der Waals surface area contributed by atoms with Gasteiger partial charge in [-0.3, -0.25) is 24.1 Å². The molecular formula is C51H84N6O9S. The number of amides is 4. The van der Waals surface area contributed by atoms with Gasteiger partial charge in [-0.15, -0.1) is 11.3 Å². The first-order valence-electron chi connectivity index (χ1n) is 24.3. The maximum absolute atomic E-state index is 14.7. The highest BCUT2D eigenvalue weighted by Crippen LogP contribution is 2.32. The maximum atomic E-state index is 14.7. The van der Waals surface area contributed by atoms with Gasteiger partial charge in [-0.1, -0.05) is 85.2 Å². The van der Waals surface area contributed by atoms with Crippen molar-refractivity contribution < 1.29 is 42.9 Å². The molecular weight excluding hydrogens is 873 g/mol. The van der Waals surface area contributed by atoms with E-state index in [4.69, 9.17) is 18.9 Å². The highest BCUT2D eigenvalue weighted by Gasteiger charge is 2.43. The van der Waals surface area contributed by atoms with Gasteiger partial charge in [-0.25, -0.2) is 9.78 Å². The molecule has 378 valence electrons. The summed E-state index contributed by atoms with van der Waals surface area (Å²) < 4.78 is 23.2. The van der Waals surface area contributed by atoms with Crippen molar-refractivity contribution in [3.05, 3.63) is 52.5 Å². The number of likely N-dealkylation sites (tertiary alicyclic amines) is 1. The minimum Gasteiger partial charge on any atom is -0.444 e. The summed E-state index contributed by atoms with van der Waals surface area (Å²) in [4.78, 5) is 79.4. The fourth-order valence-electron chi connectivity index (χ4n) is 9.39. The molecule has 0 bridgehead atoms. The number of carbonyl (C=O) groups is 5. The van der Waals surface area contributed by atoms with E-state index in [1.807, 2.05) is 87.2 Å². The average Bonchev–Trinajstić information content (AvgIpc) is 3.99. The molecule has 4 amide bonds. The van der Waals surface area contributed by atoms with E-state index in [2.05, 4.69) is 29.5 Å². The molecule has 2 aromatic rings. The summed E-state index contributed by atoms with van der Waals surface area (Å²) in [5.41, 5.74) is 0.498. The van der Waals surface area contributed by atoms with Gasteiger partial charge < -0.3 is 39.4 Å². The number of alkyl carbamates (subject to hydrolysis) is 1. The molecule has 0 radical (unpaired) electrons. The Kier molecular flexibility index (Phi) is 23.9. The molecule has 1 aromatic carbocycles. The van der Waals surface area contributed by atoms with E-state index in [1.54, 1.807) is 53.1 Å². The van der Waals surface area contributed by atoms with E-state index in [9.17, 15) is 24.0 Å². The molecule has 67 heavy (non-hydrogen) atoms. The first kappa shape index (κ1) is 57.4. The second kappa shape index (κ2) is 27.9. The van der Waals surface area contributed by atoms with Crippen LogP contribution in [-0.2, 0) is 44.5 Å². The molecule has 2 heterocycles. The van der Waals surface area contributed by atoms with Crippen LogP contribution in [0.4, 0.5) is 4.79 Å². The smallest absolute Gasteiger partial charge is 0.407 e. The Labute approximate surface area is 405 Å². The fraction of sp³-hybridized carbons (Fsp3) is 0.725. The summed E-state index contributed by atoms with van der Waals surface area (Å²) in [6.45, 7) is 21.3. The highest BCUT2D eigenvalue weighted by molar-refractivity contribution is 7.09. The third kappa shape index (κ3) is 17.5. The largest absolute Gasteiger partial charge is 0.444 e. The summed E-state index contributed by atoms with van der Waals surface area (Å²) in [7, 11) is 6.84. The number of nitrogens with zero attached hydrogens (tertiary/aromatic N) is 4. The van der Waals surface area contributed by atoms with Crippen molar-refractivity contribution in [1.82, 2.24) is 30.3 Å². The molecule has 1 aromatic heterocycles. The number of benzene rings is 1. The average molecular weight is 957 g/mol. The summed E-state index contributed by atoms with van der Waals surface area (Å²) in [5.74, 6) is -1.82. The number of hydrogen-bond acceptors (Lipinski definition) is 12. The molecule has 1 aliphatic heterocycles. The zero-order valence-electron chi connectivity index (χ0n) is 43.0. The first-order chi connectivity index (χ1) is 31.6. The zero-order valence-corrected chi connectivity index (χ0v) is 43.9. The molecule has 0 aliphatic carbocycles. The van der Waals surface area contributed by atoms with E-state index >= 15 is 0 Å². The Bertz CT molecular complexity index is 1810. The summed E-state index contributed by atoms with van der Waals surface area (Å²) in [5, 5.41) is 8.65. The van der Waals surface area contributed by atoms with Crippen LogP contribution in [0.2, 0.25) is 0 Å². The van der Waals surface area contributed by atoms with Gasteiger partial charge >= 0.3 is 6.09 Å². The molecule has 3 rings (SSSR count). The van der Waals surface area contributed by atoms with Crippen LogP contribution in [-0.4, -0.2) is 146 Å². The fourth-order valence-corrected chi connectivity index (χ4v) is 10.1. The molecule has 0 spiro atoms. The molecule has 1 saturated heterocycles. The molecule has 2 N–H and O–H groups in total. The summed E-state index contributed by atoms with van der Waals surface area (Å²) in [6, 6.07) is 8.45. The van der Waals surface area contributed by atoms with Crippen molar-refractivity contribution >= 4 is 40.9 Å². The van der Waals surface area contributed by atoms with Gasteiger partial charge in [0.15, 0.2) is 5.78 Å². The number of likely N-dealkylation sites (N-methyl/N-ethyl adjacent to an activating group) is 2. The molecule has 15 nitrogen and oxygen atoms in total. The van der Waals surface area contributed by atoms with Crippen LogP contribution >= 0.6 is 11.3 Å². The van der Waals surface area contributed by atoms with Crippen molar-refractivity contribution in [2.24, 2.45) is 29.6 Å². The number of hydrogen-bond donors (Lipinski definition) is 2. The van der Waals surface area contributed by atoms with Crippen molar-refractivity contribution in [3.63, 3.8) is 0 Å². The van der Waals surface area contributed by atoms with Gasteiger partial charge in [0.25, 0.3) is 0 Å². The van der Waals surface area contributed by atoms with Crippen LogP contribution in [0.3, 0.4) is 0 Å². The number of carbonyl (C=O) groups excluding carboxylic acids is 5. The molecule has 1 aliphatic rings. The molecule has 9 atom stereocenters. The van der Waals surface area contributed by atoms with Gasteiger partial charge in [0.05, 0.1) is 61.9 Å². The van der Waals surface area contributed by atoms with Crippen LogP contribution in [0, 0.1) is 29.6 Å². The normalized spacial score (nSPS) is 17.9. The maximum Gasteiger partial charge on any atom is 0.407 e. The van der Waals surface area contributed by atoms with Crippen molar-refractivity contribution in [1.29, 1.82) is 0 Å². The SMILES string of the molecule is CC[C@H](C)[C@@H]([C@@H](CC(=O)N1CCC[C@H]1[C@H](OC)[C@@H](C)C(=O)N[C@@H](Cc1ccccc1)c1nccs1)OC)N(C)C(=O)[C@@H](CC(=O)[C@H](C(C)C)N(C)CCOCCNC(=O)OC(C)(C)C)C(C)C. The zero-order chi connectivity index (χ0) is 50.0. The lowest BCUT2D eigenvalue weighted by atomic mass is 9.83. The van der Waals surface area contributed by atoms with Crippen LogP contribution in [0.25, 0.3) is 0 Å². The van der Waals surface area contributed by atoms with Gasteiger partial charge in [-0.05, 0) is 70.4 Å². The quantitative estimate of drug-likeness (QED) is 0.0829. The second-order valence-electron chi connectivity index (χ2n) is 19.9. The van der Waals surface area contributed by atoms with Crippen LogP contribution < -0.4 is 10.6 Å². The van der Waals surface area contributed by atoms with Crippen LogP contribution in [0.15, 0.2) is 41.9 Å². The predicted molar refractivity (Wildman–Crippen MR) is 264 cm³/mol. The van der Waals surface area contributed by atoms with Crippen molar-refractivity contribution in [2.45, 2.75) is 150 Å². The highest BCUT2D eigenvalue weighted by atomic mass is 32.1. The van der Waals surface area contributed by atoms with Crippen molar-refractivity contribution in [3.8, 4) is 0 Å². The molecule has 0 unspecified atom stereocenters. The number of ketones is 1. The van der Waals surface area contributed by atoms with Gasteiger partial charge in [0, 0.05) is 64.8 Å². The Morgan fingerprint density at radius 3 is 2.19 bits per heavy atom. The minimum absolute atomic E-state index is 0.0197. The lowest BCUT2D eigenvalue weighted by molar-refractivity contribution is -0.149. The molecule has 16 heteroatoms. The van der Waals surface area contributed by atoms with E-state index in [0.29, 0.717) is 45.7 Å². The number of aromatic nitrogens is 1. The number of thiazole rings is 1. The van der Waals surface area contributed by atoms with E-state index in [1.165, 1.54) is 11.3 Å². The van der Waals surface area contributed by atoms with Crippen LogP contribution in [0.1, 0.15) is 118 Å². The lowest BCUT2D eigenvalue weighted by Crippen LogP contribution is -2.54.